The van der Waals surface area contributed by atoms with Crippen LogP contribution in [0.5, 0.6) is 0 Å². The Morgan fingerprint density at radius 1 is 1.54 bits per heavy atom. The van der Waals surface area contributed by atoms with E-state index in [4.69, 9.17) is 4.42 Å². The van der Waals surface area contributed by atoms with E-state index in [0.29, 0.717) is 27.1 Å². The van der Waals surface area contributed by atoms with Crippen LogP contribution in [0.25, 0.3) is 11.1 Å². The van der Waals surface area contributed by atoms with Crippen molar-refractivity contribution in [2.75, 3.05) is 0 Å². The average Bonchev–Trinajstić information content (AvgIpc) is 2.59. The summed E-state index contributed by atoms with van der Waals surface area (Å²) in [6.45, 7) is 0. The first kappa shape index (κ1) is 8.61. The molecule has 2 rings (SSSR count). The van der Waals surface area contributed by atoms with Crippen LogP contribution < -0.4 is 0 Å². The van der Waals surface area contributed by atoms with Gasteiger partial charge in [-0.3, -0.25) is 0 Å². The Morgan fingerprint density at radius 2 is 2.38 bits per heavy atom. The van der Waals surface area contributed by atoms with Crippen molar-refractivity contribution in [3.63, 3.8) is 0 Å². The van der Waals surface area contributed by atoms with Crippen LogP contribution in [0.4, 0.5) is 5.69 Å². The zero-order valence-corrected chi connectivity index (χ0v) is 8.69. The minimum atomic E-state index is 0.331. The SMILES string of the molecule is O=Nc1cccc2oc(CI)nc12. The molecule has 66 valence electrons. The van der Waals surface area contributed by atoms with Crippen molar-refractivity contribution in [2.24, 2.45) is 5.18 Å². The van der Waals surface area contributed by atoms with Gasteiger partial charge in [-0.05, 0) is 17.3 Å². The van der Waals surface area contributed by atoms with Crippen LogP contribution >= 0.6 is 22.6 Å². The zero-order valence-electron chi connectivity index (χ0n) is 6.53. The molecule has 1 aromatic carbocycles. The molecule has 0 amide bonds. The van der Waals surface area contributed by atoms with Crippen molar-refractivity contribution in [3.05, 3.63) is 29.0 Å². The number of hydrogen-bond donors (Lipinski definition) is 0. The summed E-state index contributed by atoms with van der Waals surface area (Å²) in [7, 11) is 0. The van der Waals surface area contributed by atoms with Crippen LogP contribution in [0.2, 0.25) is 0 Å². The second kappa shape index (κ2) is 3.41. The summed E-state index contributed by atoms with van der Waals surface area (Å²) in [6.07, 6.45) is 0. The number of alkyl halides is 1. The van der Waals surface area contributed by atoms with E-state index in [1.165, 1.54) is 0 Å². The molecule has 0 aliphatic heterocycles. The highest BCUT2D eigenvalue weighted by atomic mass is 127. The number of aromatic nitrogens is 1. The molecule has 0 radical (unpaired) electrons. The predicted octanol–water partition coefficient (Wildman–Crippen LogP) is 3.16. The molecule has 2 aromatic rings. The van der Waals surface area contributed by atoms with Gasteiger partial charge in [0.25, 0.3) is 0 Å². The van der Waals surface area contributed by atoms with E-state index in [0.717, 1.165) is 0 Å². The number of para-hydroxylation sites is 1. The molecule has 0 unspecified atom stereocenters. The molecule has 1 aromatic heterocycles. The van der Waals surface area contributed by atoms with E-state index in [1.807, 2.05) is 0 Å². The fraction of sp³-hybridized carbons (Fsp3) is 0.125. The number of fused-ring (bicyclic) bond motifs is 1. The second-order valence-corrected chi connectivity index (χ2v) is 3.22. The van der Waals surface area contributed by atoms with Crippen LogP contribution in [-0.2, 0) is 4.43 Å². The van der Waals surface area contributed by atoms with Gasteiger partial charge in [0.2, 0.25) is 5.89 Å². The lowest BCUT2D eigenvalue weighted by molar-refractivity contribution is 0.559. The maximum atomic E-state index is 10.4. The van der Waals surface area contributed by atoms with Gasteiger partial charge in [0.15, 0.2) is 5.58 Å². The molecule has 0 fully saturated rings. The molecule has 5 heteroatoms. The molecule has 0 aliphatic rings. The van der Waals surface area contributed by atoms with Gasteiger partial charge in [0.1, 0.15) is 11.2 Å². The first-order valence-corrected chi connectivity index (χ1v) is 5.15. The van der Waals surface area contributed by atoms with Crippen molar-refractivity contribution >= 4 is 39.4 Å². The largest absolute Gasteiger partial charge is 0.440 e. The maximum absolute atomic E-state index is 10.4. The minimum absolute atomic E-state index is 0.331. The lowest BCUT2D eigenvalue weighted by atomic mass is 10.3. The summed E-state index contributed by atoms with van der Waals surface area (Å²) in [6, 6.07) is 5.11. The van der Waals surface area contributed by atoms with Gasteiger partial charge in [-0.1, -0.05) is 28.7 Å². The van der Waals surface area contributed by atoms with Gasteiger partial charge in [-0.15, -0.1) is 4.91 Å². The van der Waals surface area contributed by atoms with Crippen molar-refractivity contribution in [2.45, 2.75) is 4.43 Å². The summed E-state index contributed by atoms with van der Waals surface area (Å²) in [5, 5.41) is 2.87. The Morgan fingerprint density at radius 3 is 3.08 bits per heavy atom. The highest BCUT2D eigenvalue weighted by Crippen LogP contribution is 2.26. The fourth-order valence-corrected chi connectivity index (χ4v) is 1.44. The van der Waals surface area contributed by atoms with Crippen LogP contribution in [0.3, 0.4) is 0 Å². The number of hydrogen-bond acceptors (Lipinski definition) is 4. The Hall–Kier alpha value is -0.980. The van der Waals surface area contributed by atoms with Crippen LogP contribution in [0.1, 0.15) is 5.89 Å². The van der Waals surface area contributed by atoms with Gasteiger partial charge in [-0.2, -0.15) is 0 Å². The molecule has 1 heterocycles. The number of nitroso groups, excluding NO2 is 1. The van der Waals surface area contributed by atoms with E-state index in [1.54, 1.807) is 18.2 Å². The number of benzene rings is 1. The van der Waals surface area contributed by atoms with Crippen molar-refractivity contribution < 1.29 is 4.42 Å². The summed E-state index contributed by atoms with van der Waals surface area (Å²) < 4.78 is 6.03. The van der Waals surface area contributed by atoms with E-state index >= 15 is 0 Å². The molecule has 0 atom stereocenters. The second-order valence-electron chi connectivity index (χ2n) is 2.46. The Kier molecular flexibility index (Phi) is 2.26. The summed E-state index contributed by atoms with van der Waals surface area (Å²) in [4.78, 5) is 14.5. The van der Waals surface area contributed by atoms with Crippen molar-refractivity contribution in [1.82, 2.24) is 4.98 Å². The fourth-order valence-electron chi connectivity index (χ4n) is 1.11. The summed E-state index contributed by atoms with van der Waals surface area (Å²) in [5.41, 5.74) is 1.49. The number of rotatable bonds is 2. The molecule has 0 aliphatic carbocycles. The Labute approximate surface area is 87.4 Å². The van der Waals surface area contributed by atoms with Crippen LogP contribution in [-0.4, -0.2) is 4.98 Å². The van der Waals surface area contributed by atoms with Gasteiger partial charge in [0.05, 0.1) is 4.43 Å². The molecular formula is C8H5IN2O2. The monoisotopic (exact) mass is 288 g/mol. The van der Waals surface area contributed by atoms with E-state index in [9.17, 15) is 4.91 Å². The van der Waals surface area contributed by atoms with Gasteiger partial charge in [0, 0.05) is 0 Å². The van der Waals surface area contributed by atoms with Crippen molar-refractivity contribution in [3.8, 4) is 0 Å². The first-order valence-electron chi connectivity index (χ1n) is 3.63. The Bertz CT molecular complexity index is 452. The maximum Gasteiger partial charge on any atom is 0.205 e. The Balaban J connectivity index is 2.74. The lowest BCUT2D eigenvalue weighted by Gasteiger charge is -1.86. The summed E-state index contributed by atoms with van der Waals surface area (Å²) >= 11 is 2.15. The van der Waals surface area contributed by atoms with Gasteiger partial charge >= 0.3 is 0 Å². The highest BCUT2D eigenvalue weighted by molar-refractivity contribution is 14.1. The molecule has 0 N–H and O–H groups in total. The number of halogens is 1. The highest BCUT2D eigenvalue weighted by Gasteiger charge is 2.08. The first-order chi connectivity index (χ1) is 6.35. The lowest BCUT2D eigenvalue weighted by Crippen LogP contribution is -1.73. The third-order valence-electron chi connectivity index (χ3n) is 1.65. The molecule has 0 saturated heterocycles. The number of oxazole rings is 1. The normalized spacial score (nSPS) is 10.5. The molecule has 0 spiro atoms. The predicted molar refractivity (Wildman–Crippen MR) is 57.2 cm³/mol. The molecule has 4 nitrogen and oxygen atoms in total. The summed E-state index contributed by atoms with van der Waals surface area (Å²) in [5.74, 6) is 0.617. The standard InChI is InChI=1S/C8H5IN2O2/c9-4-7-10-8-5(11-12)2-1-3-6(8)13-7/h1-3H,4H2. The van der Waals surface area contributed by atoms with Crippen molar-refractivity contribution in [1.29, 1.82) is 0 Å². The van der Waals surface area contributed by atoms with Crippen LogP contribution in [0.15, 0.2) is 27.8 Å². The zero-order chi connectivity index (χ0) is 9.26. The minimum Gasteiger partial charge on any atom is -0.440 e. The van der Waals surface area contributed by atoms with Gasteiger partial charge < -0.3 is 4.42 Å². The van der Waals surface area contributed by atoms with Crippen LogP contribution in [0, 0.1) is 4.91 Å². The van der Waals surface area contributed by atoms with E-state index < -0.39 is 0 Å². The smallest absolute Gasteiger partial charge is 0.205 e. The quantitative estimate of drug-likeness (QED) is 0.484. The number of nitrogens with zero attached hydrogens (tertiary/aromatic N) is 2. The topological polar surface area (TPSA) is 55.5 Å². The third kappa shape index (κ3) is 1.43. The molecule has 0 saturated carbocycles. The third-order valence-corrected chi connectivity index (χ3v) is 2.31. The van der Waals surface area contributed by atoms with E-state index in [-0.39, 0.29) is 0 Å². The molecule has 13 heavy (non-hydrogen) atoms. The van der Waals surface area contributed by atoms with Gasteiger partial charge in [-0.25, -0.2) is 4.98 Å². The molecular weight excluding hydrogens is 283 g/mol. The average molecular weight is 288 g/mol. The van der Waals surface area contributed by atoms with E-state index in [2.05, 4.69) is 32.8 Å². The molecule has 0 bridgehead atoms.